The van der Waals surface area contributed by atoms with Gasteiger partial charge in [-0.05, 0) is 43.5 Å². The molecule has 0 saturated carbocycles. The Morgan fingerprint density at radius 1 is 1.18 bits per heavy atom. The van der Waals surface area contributed by atoms with Gasteiger partial charge in [-0.3, -0.25) is 4.79 Å². The Morgan fingerprint density at radius 3 is 2.57 bits per heavy atom. The molecule has 1 aliphatic rings. The molecule has 5 heteroatoms. The molecule has 0 aliphatic carbocycles. The summed E-state index contributed by atoms with van der Waals surface area (Å²) < 4.78 is 3.21. The molecule has 2 atom stereocenters. The highest BCUT2D eigenvalue weighted by atomic mass is 79.9. The summed E-state index contributed by atoms with van der Waals surface area (Å²) in [7, 11) is 0. The number of rotatable bonds is 5. The van der Waals surface area contributed by atoms with Crippen LogP contribution < -0.4 is 5.32 Å². The fraction of sp³-hybridized carbons (Fsp3) is 0.304. The molecule has 0 bridgehead atoms. The van der Waals surface area contributed by atoms with Crippen molar-refractivity contribution in [3.63, 3.8) is 0 Å². The Kier molecular flexibility index (Phi) is 4.88. The van der Waals surface area contributed by atoms with Crippen molar-refractivity contribution < 1.29 is 4.79 Å². The molecular weight excluding hydrogens is 414 g/mol. The Balaban J connectivity index is 2.04. The number of nitrogens with one attached hydrogen (secondary N) is 1. The molecular formula is C23H24BrN3O. The fourth-order valence-electron chi connectivity index (χ4n) is 4.54. The molecule has 1 N–H and O–H groups in total. The second-order valence-corrected chi connectivity index (χ2v) is 8.48. The minimum absolute atomic E-state index is 0.0665. The first-order valence-electron chi connectivity index (χ1n) is 9.70. The molecule has 2 aromatic carbocycles. The number of hydrogen-bond acceptors (Lipinski definition) is 2. The van der Waals surface area contributed by atoms with Gasteiger partial charge in [0.25, 0.3) is 0 Å². The van der Waals surface area contributed by atoms with Crippen LogP contribution in [-0.4, -0.2) is 21.5 Å². The van der Waals surface area contributed by atoms with Gasteiger partial charge >= 0.3 is 0 Å². The van der Waals surface area contributed by atoms with E-state index in [0.29, 0.717) is 6.42 Å². The number of carbonyl (C=O) groups is 1. The van der Waals surface area contributed by atoms with Crippen molar-refractivity contribution in [2.24, 2.45) is 5.92 Å². The smallest absolute Gasteiger partial charge is 0.226 e. The predicted molar refractivity (Wildman–Crippen MR) is 115 cm³/mol. The highest BCUT2D eigenvalue weighted by Gasteiger charge is 2.52. The second-order valence-electron chi connectivity index (χ2n) is 7.56. The van der Waals surface area contributed by atoms with Gasteiger partial charge < -0.3 is 9.88 Å². The highest BCUT2D eigenvalue weighted by Crippen LogP contribution is 2.52. The lowest BCUT2D eigenvalue weighted by atomic mass is 9.71. The van der Waals surface area contributed by atoms with Crippen LogP contribution in [0, 0.1) is 5.92 Å². The summed E-state index contributed by atoms with van der Waals surface area (Å²) in [6.07, 6.45) is 4.54. The van der Waals surface area contributed by atoms with Crippen LogP contribution in [0.3, 0.4) is 0 Å². The molecule has 2 unspecified atom stereocenters. The second kappa shape index (κ2) is 7.21. The summed E-state index contributed by atoms with van der Waals surface area (Å²) in [5, 5.41) is 3.15. The summed E-state index contributed by atoms with van der Waals surface area (Å²) in [6, 6.07) is 16.7. The zero-order valence-electron chi connectivity index (χ0n) is 16.3. The zero-order valence-corrected chi connectivity index (χ0v) is 17.9. The van der Waals surface area contributed by atoms with Crippen LogP contribution >= 0.6 is 15.9 Å². The van der Waals surface area contributed by atoms with Gasteiger partial charge in [-0.15, -0.1) is 0 Å². The predicted octanol–water partition coefficient (Wildman–Crippen LogP) is 4.97. The van der Waals surface area contributed by atoms with Gasteiger partial charge in [0.15, 0.2) is 0 Å². The molecule has 0 saturated heterocycles. The van der Waals surface area contributed by atoms with Crippen LogP contribution in [0.5, 0.6) is 0 Å². The maximum absolute atomic E-state index is 13.4. The number of imidazole rings is 1. The lowest BCUT2D eigenvalue weighted by Crippen LogP contribution is -2.49. The quantitative estimate of drug-likeness (QED) is 0.612. The van der Waals surface area contributed by atoms with Gasteiger partial charge in [0.2, 0.25) is 5.91 Å². The third-order valence-corrected chi connectivity index (χ3v) is 6.07. The molecule has 144 valence electrons. The standard InChI is InChI=1S/C23H24BrN3O/c1-4-19(22(28)26-15(2)3)23(16-9-11-17(24)12-10-16)20-8-6-5-7-18(20)21-25-13-14-27(21)23/h5-15,19H,4H2,1-3H3,(H,26,28). The Bertz CT molecular complexity index is 1010. The first-order chi connectivity index (χ1) is 13.5. The fourth-order valence-corrected chi connectivity index (χ4v) is 4.80. The largest absolute Gasteiger partial charge is 0.354 e. The first-order valence-corrected chi connectivity index (χ1v) is 10.5. The lowest BCUT2D eigenvalue weighted by Gasteiger charge is -2.40. The molecule has 0 fully saturated rings. The van der Waals surface area contributed by atoms with Gasteiger partial charge in [0.1, 0.15) is 11.4 Å². The summed E-state index contributed by atoms with van der Waals surface area (Å²) in [5.41, 5.74) is 2.68. The van der Waals surface area contributed by atoms with E-state index < -0.39 is 5.54 Å². The van der Waals surface area contributed by atoms with Gasteiger partial charge in [-0.2, -0.15) is 0 Å². The van der Waals surface area contributed by atoms with Crippen molar-refractivity contribution >= 4 is 21.8 Å². The normalized spacial score (nSPS) is 18.6. The van der Waals surface area contributed by atoms with Crippen LogP contribution in [0.2, 0.25) is 0 Å². The highest BCUT2D eigenvalue weighted by molar-refractivity contribution is 9.10. The van der Waals surface area contributed by atoms with Crippen molar-refractivity contribution in [1.82, 2.24) is 14.9 Å². The monoisotopic (exact) mass is 437 g/mol. The number of carbonyl (C=O) groups excluding carboxylic acids is 1. The molecule has 4 nitrogen and oxygen atoms in total. The SMILES string of the molecule is CCC(C(=O)NC(C)C)C1(c2ccc(Br)cc2)c2ccccc2-c2nccn21. The third-order valence-electron chi connectivity index (χ3n) is 5.54. The molecule has 3 aromatic rings. The summed E-state index contributed by atoms with van der Waals surface area (Å²) >= 11 is 3.54. The van der Waals surface area contributed by atoms with E-state index in [1.165, 1.54) is 0 Å². The van der Waals surface area contributed by atoms with E-state index in [1.807, 2.05) is 50.5 Å². The average Bonchev–Trinajstić information content (AvgIpc) is 3.24. The maximum Gasteiger partial charge on any atom is 0.226 e. The number of benzene rings is 2. The third kappa shape index (κ3) is 2.72. The van der Waals surface area contributed by atoms with Crippen molar-refractivity contribution in [2.75, 3.05) is 0 Å². The summed E-state index contributed by atoms with van der Waals surface area (Å²) in [5.74, 6) is 0.707. The van der Waals surface area contributed by atoms with Crippen molar-refractivity contribution in [3.8, 4) is 11.4 Å². The van der Waals surface area contributed by atoms with E-state index in [0.717, 1.165) is 27.0 Å². The molecule has 1 aliphatic heterocycles. The maximum atomic E-state index is 13.4. The molecule has 2 heterocycles. The van der Waals surface area contributed by atoms with Crippen LogP contribution in [0.1, 0.15) is 38.3 Å². The Labute approximate surface area is 174 Å². The van der Waals surface area contributed by atoms with Gasteiger partial charge in [-0.25, -0.2) is 4.98 Å². The number of fused-ring (bicyclic) bond motifs is 3. The molecule has 4 rings (SSSR count). The molecule has 0 spiro atoms. The average molecular weight is 438 g/mol. The number of amides is 1. The minimum atomic E-state index is -0.628. The first kappa shape index (κ1) is 18.9. The van der Waals surface area contributed by atoms with E-state index in [4.69, 9.17) is 0 Å². The minimum Gasteiger partial charge on any atom is -0.354 e. The van der Waals surface area contributed by atoms with Crippen LogP contribution in [0.15, 0.2) is 65.4 Å². The Morgan fingerprint density at radius 2 is 1.89 bits per heavy atom. The number of aromatic nitrogens is 2. The molecule has 28 heavy (non-hydrogen) atoms. The summed E-state index contributed by atoms with van der Waals surface area (Å²) in [6.45, 7) is 6.09. The van der Waals surface area contributed by atoms with Crippen molar-refractivity contribution in [3.05, 3.63) is 76.5 Å². The molecule has 1 amide bonds. The summed E-state index contributed by atoms with van der Waals surface area (Å²) in [4.78, 5) is 18.0. The van der Waals surface area contributed by atoms with E-state index in [-0.39, 0.29) is 17.9 Å². The van der Waals surface area contributed by atoms with E-state index in [2.05, 4.69) is 62.0 Å². The van der Waals surface area contributed by atoms with Crippen molar-refractivity contribution in [1.29, 1.82) is 0 Å². The molecule has 0 radical (unpaired) electrons. The zero-order chi connectivity index (χ0) is 19.9. The number of halogens is 1. The van der Waals surface area contributed by atoms with E-state index >= 15 is 0 Å². The van der Waals surface area contributed by atoms with Crippen LogP contribution in [0.4, 0.5) is 0 Å². The van der Waals surface area contributed by atoms with Gasteiger partial charge in [0.05, 0.1) is 5.92 Å². The van der Waals surface area contributed by atoms with Crippen LogP contribution in [0.25, 0.3) is 11.4 Å². The van der Waals surface area contributed by atoms with Crippen LogP contribution in [-0.2, 0) is 10.3 Å². The van der Waals surface area contributed by atoms with E-state index in [9.17, 15) is 4.79 Å². The van der Waals surface area contributed by atoms with E-state index in [1.54, 1.807) is 0 Å². The lowest BCUT2D eigenvalue weighted by molar-refractivity contribution is -0.127. The topological polar surface area (TPSA) is 46.9 Å². The van der Waals surface area contributed by atoms with Crippen molar-refractivity contribution in [2.45, 2.75) is 38.8 Å². The number of hydrogen-bond donors (Lipinski definition) is 1. The number of nitrogens with zero attached hydrogens (tertiary/aromatic N) is 2. The Hall–Kier alpha value is -2.40. The molecule has 1 aromatic heterocycles. The van der Waals surface area contributed by atoms with Gasteiger partial charge in [-0.1, -0.05) is 59.3 Å². The van der Waals surface area contributed by atoms with Gasteiger partial charge in [0, 0.05) is 28.5 Å².